The average molecular weight is 371 g/mol. The Morgan fingerprint density at radius 3 is 2.19 bits per heavy atom. The van der Waals surface area contributed by atoms with Crippen LogP contribution in [0.5, 0.6) is 0 Å². The zero-order valence-corrected chi connectivity index (χ0v) is 18.5. The number of likely N-dealkylation sites (N-methyl/N-ethyl adjacent to an activating group) is 1. The fourth-order valence-electron chi connectivity index (χ4n) is 5.67. The van der Waals surface area contributed by atoms with Gasteiger partial charge in [0, 0.05) is 14.1 Å². The fourth-order valence-corrected chi connectivity index (χ4v) is 8.75. The first kappa shape index (κ1) is 20.2. The van der Waals surface area contributed by atoms with E-state index < -0.39 is 8.07 Å². The second-order valence-corrected chi connectivity index (χ2v) is 15.2. The average Bonchev–Trinajstić information content (AvgIpc) is 2.87. The molecule has 2 aliphatic rings. The van der Waals surface area contributed by atoms with E-state index in [2.05, 4.69) is 69.3 Å². The highest BCUT2D eigenvalue weighted by Crippen LogP contribution is 2.51. The monoisotopic (exact) mass is 371 g/mol. The van der Waals surface area contributed by atoms with Crippen molar-refractivity contribution in [1.29, 1.82) is 0 Å². The zero-order chi connectivity index (χ0) is 18.7. The van der Waals surface area contributed by atoms with E-state index in [4.69, 9.17) is 4.65 Å². The molecule has 2 aliphatic heterocycles. The van der Waals surface area contributed by atoms with Gasteiger partial charge in [-0.3, -0.25) is 0 Å². The first-order chi connectivity index (χ1) is 12.4. The van der Waals surface area contributed by atoms with Gasteiger partial charge in [-0.05, 0) is 36.7 Å². The Labute approximate surface area is 162 Å². The maximum Gasteiger partial charge on any atom is 0.297 e. The van der Waals surface area contributed by atoms with Gasteiger partial charge in [0.2, 0.25) is 0 Å². The van der Waals surface area contributed by atoms with Crippen molar-refractivity contribution in [3.63, 3.8) is 0 Å². The molecule has 2 heterocycles. The Kier molecular flexibility index (Phi) is 6.69. The van der Waals surface area contributed by atoms with Crippen molar-refractivity contribution in [3.05, 3.63) is 35.9 Å². The van der Waals surface area contributed by atoms with Crippen LogP contribution in [0.2, 0.25) is 30.9 Å². The Morgan fingerprint density at radius 1 is 1.04 bits per heavy atom. The van der Waals surface area contributed by atoms with Gasteiger partial charge in [-0.2, -0.15) is 0 Å². The number of hydrogen-bond donors (Lipinski definition) is 1. The van der Waals surface area contributed by atoms with Crippen LogP contribution in [0.3, 0.4) is 0 Å². The van der Waals surface area contributed by atoms with Crippen molar-refractivity contribution in [2.24, 2.45) is 5.92 Å². The minimum atomic E-state index is -1.30. The van der Waals surface area contributed by atoms with Crippen LogP contribution in [0.1, 0.15) is 57.1 Å². The molecular formula is C22H38BNOSi. The summed E-state index contributed by atoms with van der Waals surface area (Å²) in [7, 11) is 0.765. The highest BCUT2D eigenvalue weighted by atomic mass is 28.3. The van der Waals surface area contributed by atoms with Crippen LogP contribution < -0.4 is 5.32 Å². The molecule has 2 bridgehead atoms. The van der Waals surface area contributed by atoms with E-state index >= 15 is 0 Å². The van der Waals surface area contributed by atoms with Crippen molar-refractivity contribution < 1.29 is 4.65 Å². The lowest BCUT2D eigenvalue weighted by Crippen LogP contribution is -2.47. The lowest BCUT2D eigenvalue weighted by Gasteiger charge is -2.41. The predicted octanol–water partition coefficient (Wildman–Crippen LogP) is 5.95. The number of hydrogen-bond acceptors (Lipinski definition) is 2. The summed E-state index contributed by atoms with van der Waals surface area (Å²) < 4.78 is 7.14. The summed E-state index contributed by atoms with van der Waals surface area (Å²) >= 11 is 0. The number of rotatable bonds is 6. The molecule has 1 N–H and O–H groups in total. The summed E-state index contributed by atoms with van der Waals surface area (Å²) in [4.78, 5) is 0. The van der Waals surface area contributed by atoms with Crippen LogP contribution in [0.4, 0.5) is 0 Å². The normalized spacial score (nSPS) is 29.1. The Hall–Kier alpha value is -0.578. The molecule has 0 saturated carbocycles. The van der Waals surface area contributed by atoms with E-state index in [1.165, 1.54) is 44.1 Å². The molecule has 0 spiro atoms. The van der Waals surface area contributed by atoms with Gasteiger partial charge < -0.3 is 9.97 Å². The van der Waals surface area contributed by atoms with Crippen LogP contribution in [-0.4, -0.2) is 28.1 Å². The second-order valence-electron chi connectivity index (χ2n) is 9.78. The van der Waals surface area contributed by atoms with E-state index in [1.54, 1.807) is 0 Å². The molecule has 1 aromatic rings. The smallest absolute Gasteiger partial charge is 0.297 e. The summed E-state index contributed by atoms with van der Waals surface area (Å²) in [5.41, 5.74) is 2.12. The fraction of sp³-hybridized carbons (Fsp3) is 0.727. The van der Waals surface area contributed by atoms with Crippen LogP contribution in [0.25, 0.3) is 0 Å². The molecule has 3 rings (SSSR count). The molecule has 2 fully saturated rings. The van der Waals surface area contributed by atoms with Crippen molar-refractivity contribution >= 4 is 15.0 Å². The molecule has 2 nitrogen and oxygen atoms in total. The molecule has 0 unspecified atom stereocenters. The summed E-state index contributed by atoms with van der Waals surface area (Å²) in [6.07, 6.45) is 8.58. The maximum absolute atomic E-state index is 7.14. The van der Waals surface area contributed by atoms with Crippen LogP contribution in [-0.2, 0) is 4.65 Å². The highest BCUT2D eigenvalue weighted by Gasteiger charge is 2.50. The topological polar surface area (TPSA) is 21.3 Å². The van der Waals surface area contributed by atoms with Gasteiger partial charge in [-0.25, -0.2) is 0 Å². The summed E-state index contributed by atoms with van der Waals surface area (Å²) in [5, 5.41) is 3.47. The Bertz CT molecular complexity index is 551. The molecule has 0 radical (unpaired) electrons. The lowest BCUT2D eigenvalue weighted by molar-refractivity contribution is 0.158. The van der Waals surface area contributed by atoms with Gasteiger partial charge in [-0.15, -0.1) is 0 Å². The van der Waals surface area contributed by atoms with Gasteiger partial charge in [0.1, 0.15) is 0 Å². The zero-order valence-electron chi connectivity index (χ0n) is 17.5. The summed E-state index contributed by atoms with van der Waals surface area (Å²) in [5.74, 6) is 1.65. The van der Waals surface area contributed by atoms with E-state index in [1.807, 2.05) is 0 Å². The van der Waals surface area contributed by atoms with E-state index in [9.17, 15) is 0 Å². The first-order valence-corrected chi connectivity index (χ1v) is 14.4. The van der Waals surface area contributed by atoms with Crippen molar-refractivity contribution in [1.82, 2.24) is 5.32 Å². The Balaban J connectivity index is 1.94. The third kappa shape index (κ3) is 4.45. The van der Waals surface area contributed by atoms with E-state index in [-0.39, 0.29) is 6.10 Å². The highest BCUT2D eigenvalue weighted by molar-refractivity contribution is 6.88. The summed E-state index contributed by atoms with van der Waals surface area (Å²) in [6, 6.07) is 11.2. The van der Waals surface area contributed by atoms with Crippen molar-refractivity contribution in [2.75, 3.05) is 7.05 Å². The van der Waals surface area contributed by atoms with Crippen LogP contribution in [0, 0.1) is 5.92 Å². The lowest BCUT2D eigenvalue weighted by atomic mass is 9.50. The molecule has 0 aromatic heterocycles. The quantitative estimate of drug-likeness (QED) is 0.624. The number of benzene rings is 1. The van der Waals surface area contributed by atoms with Gasteiger partial charge in [0.05, 0.1) is 6.10 Å². The van der Waals surface area contributed by atoms with Crippen LogP contribution >= 0.6 is 0 Å². The van der Waals surface area contributed by atoms with E-state index in [0.717, 1.165) is 17.2 Å². The second kappa shape index (κ2) is 8.62. The molecule has 1 aromatic carbocycles. The van der Waals surface area contributed by atoms with Crippen LogP contribution in [0.15, 0.2) is 30.3 Å². The number of fused-ring (bicyclic) bond motifs is 3. The molecule has 3 atom stereocenters. The molecule has 4 heteroatoms. The molecule has 0 aliphatic carbocycles. The minimum absolute atomic E-state index is 0.143. The maximum atomic E-state index is 7.14. The SMILES string of the molecule is CN[C@H](C)[C@H](OB1C2CCCC(CCC2)[C@@H]1[Si](C)(C)C)c1ccccc1. The van der Waals surface area contributed by atoms with E-state index in [0.29, 0.717) is 13.0 Å². The van der Waals surface area contributed by atoms with Gasteiger partial charge in [0.25, 0.3) is 6.92 Å². The molecular weight excluding hydrogens is 333 g/mol. The Morgan fingerprint density at radius 2 is 1.65 bits per heavy atom. The van der Waals surface area contributed by atoms with Crippen molar-refractivity contribution in [2.45, 2.75) is 88.5 Å². The minimum Gasteiger partial charge on any atom is -0.427 e. The third-order valence-corrected chi connectivity index (χ3v) is 9.77. The molecule has 26 heavy (non-hydrogen) atoms. The molecule has 2 saturated heterocycles. The van der Waals surface area contributed by atoms with Crippen molar-refractivity contribution in [3.8, 4) is 0 Å². The standard InChI is InChI=1S/C22H38BNOSi/c1-17(24-2)21(18-11-7-6-8-12-18)25-23-20-15-9-13-19(14-10-16-20)22(23)26(3,4)5/h6-8,11-12,17,19-22,24H,9-10,13-16H2,1-5H3/t17-,19?,20?,21+,22+/m1/s1. The van der Waals surface area contributed by atoms with Gasteiger partial charge >= 0.3 is 0 Å². The third-order valence-electron chi connectivity index (χ3n) is 6.97. The number of nitrogens with one attached hydrogen (secondary N) is 1. The summed E-state index contributed by atoms with van der Waals surface area (Å²) in [6.45, 7) is 10.4. The first-order valence-electron chi connectivity index (χ1n) is 10.8. The molecule has 144 valence electrons. The van der Waals surface area contributed by atoms with Gasteiger partial charge in [0.15, 0.2) is 0 Å². The molecule has 0 amide bonds. The largest absolute Gasteiger partial charge is 0.427 e. The predicted molar refractivity (Wildman–Crippen MR) is 117 cm³/mol. The van der Waals surface area contributed by atoms with Gasteiger partial charge in [-0.1, -0.05) is 88.5 Å².